The van der Waals surface area contributed by atoms with Crippen LogP contribution in [0.2, 0.25) is 0 Å². The average molecular weight is 278 g/mol. The minimum Gasteiger partial charge on any atom is -0.478 e. The second-order valence-corrected chi connectivity index (χ2v) is 5.65. The van der Waals surface area contributed by atoms with Crippen LogP contribution in [0.25, 0.3) is 11.0 Å². The molecule has 2 rings (SSSR count). The van der Waals surface area contributed by atoms with Gasteiger partial charge in [0.1, 0.15) is 5.82 Å². The third-order valence-electron chi connectivity index (χ3n) is 3.29. The Kier molecular flexibility index (Phi) is 4.14. The van der Waals surface area contributed by atoms with Crippen molar-refractivity contribution < 1.29 is 9.90 Å². The molecule has 0 spiro atoms. The Labute approximate surface area is 116 Å². The summed E-state index contributed by atoms with van der Waals surface area (Å²) in [6, 6.07) is 5.42. The van der Waals surface area contributed by atoms with Crippen LogP contribution in [0.5, 0.6) is 0 Å². The lowest BCUT2D eigenvalue weighted by molar-refractivity contribution is 0.0697. The van der Waals surface area contributed by atoms with Gasteiger partial charge in [-0.05, 0) is 50.5 Å². The van der Waals surface area contributed by atoms with Crippen molar-refractivity contribution in [2.45, 2.75) is 26.3 Å². The zero-order chi connectivity index (χ0) is 14.0. The number of aromatic nitrogens is 2. The van der Waals surface area contributed by atoms with Crippen LogP contribution in [0, 0.1) is 6.92 Å². The summed E-state index contributed by atoms with van der Waals surface area (Å²) in [5.41, 5.74) is 2.08. The van der Waals surface area contributed by atoms with Crippen molar-refractivity contribution >= 4 is 28.8 Å². The zero-order valence-corrected chi connectivity index (χ0v) is 12.2. The maximum Gasteiger partial charge on any atom is 0.335 e. The molecule has 0 saturated heterocycles. The van der Waals surface area contributed by atoms with Crippen LogP contribution in [0.3, 0.4) is 0 Å². The average Bonchev–Trinajstić information content (AvgIpc) is 2.70. The first-order valence-electron chi connectivity index (χ1n) is 6.25. The first kappa shape index (κ1) is 13.9. The molecule has 0 fully saturated rings. The van der Waals surface area contributed by atoms with Crippen LogP contribution < -0.4 is 0 Å². The van der Waals surface area contributed by atoms with Gasteiger partial charge in [-0.1, -0.05) is 0 Å². The summed E-state index contributed by atoms with van der Waals surface area (Å²) < 4.78 is 2.14. The van der Waals surface area contributed by atoms with Crippen LogP contribution >= 0.6 is 11.8 Å². The highest BCUT2D eigenvalue weighted by atomic mass is 32.2. The molecule has 4 nitrogen and oxygen atoms in total. The Bertz CT molecular complexity index is 607. The lowest BCUT2D eigenvalue weighted by Gasteiger charge is -2.16. The first-order valence-corrected chi connectivity index (χ1v) is 7.64. The summed E-state index contributed by atoms with van der Waals surface area (Å²) in [4.78, 5) is 15.6. The van der Waals surface area contributed by atoms with Gasteiger partial charge in [0.2, 0.25) is 0 Å². The largest absolute Gasteiger partial charge is 0.478 e. The maximum atomic E-state index is 11.1. The van der Waals surface area contributed by atoms with Crippen molar-refractivity contribution in [3.63, 3.8) is 0 Å². The number of aryl methyl sites for hydroxylation is 1. The van der Waals surface area contributed by atoms with Crippen molar-refractivity contribution in [1.29, 1.82) is 0 Å². The Morgan fingerprint density at radius 1 is 1.53 bits per heavy atom. The molecular formula is C14H18N2O2S. The SMILES string of the molecule is CSCCC(C)n1c(C)nc2ccc(C(=O)O)cc21. The summed E-state index contributed by atoms with van der Waals surface area (Å²) >= 11 is 1.82. The highest BCUT2D eigenvalue weighted by Crippen LogP contribution is 2.24. The van der Waals surface area contributed by atoms with Gasteiger partial charge in [-0.15, -0.1) is 0 Å². The molecule has 0 aliphatic heterocycles. The predicted molar refractivity (Wildman–Crippen MR) is 79.1 cm³/mol. The number of rotatable bonds is 5. The Morgan fingerprint density at radius 2 is 2.26 bits per heavy atom. The Balaban J connectivity index is 2.49. The smallest absolute Gasteiger partial charge is 0.335 e. The fourth-order valence-corrected chi connectivity index (χ4v) is 2.90. The molecule has 0 saturated carbocycles. The molecule has 0 aliphatic carbocycles. The molecular weight excluding hydrogens is 260 g/mol. The number of aromatic carboxylic acids is 1. The van der Waals surface area contributed by atoms with E-state index in [1.165, 1.54) is 0 Å². The van der Waals surface area contributed by atoms with E-state index in [1.807, 2.05) is 18.7 Å². The van der Waals surface area contributed by atoms with E-state index in [1.54, 1.807) is 18.2 Å². The molecule has 0 amide bonds. The van der Waals surface area contributed by atoms with Crippen molar-refractivity contribution in [1.82, 2.24) is 9.55 Å². The van der Waals surface area contributed by atoms with E-state index in [9.17, 15) is 4.79 Å². The third-order valence-corrected chi connectivity index (χ3v) is 3.94. The number of carboxylic acid groups (broad SMARTS) is 1. The van der Waals surface area contributed by atoms with Gasteiger partial charge in [0.15, 0.2) is 0 Å². The van der Waals surface area contributed by atoms with E-state index in [4.69, 9.17) is 5.11 Å². The number of imidazole rings is 1. The molecule has 19 heavy (non-hydrogen) atoms. The molecule has 102 valence electrons. The van der Waals surface area contributed by atoms with Gasteiger partial charge < -0.3 is 9.67 Å². The topological polar surface area (TPSA) is 55.1 Å². The fraction of sp³-hybridized carbons (Fsp3) is 0.429. The van der Waals surface area contributed by atoms with Crippen molar-refractivity contribution in [2.75, 3.05) is 12.0 Å². The second-order valence-electron chi connectivity index (χ2n) is 4.67. The van der Waals surface area contributed by atoms with Crippen molar-refractivity contribution in [3.8, 4) is 0 Å². The van der Waals surface area contributed by atoms with Gasteiger partial charge in [0.05, 0.1) is 16.6 Å². The van der Waals surface area contributed by atoms with E-state index < -0.39 is 5.97 Å². The summed E-state index contributed by atoms with van der Waals surface area (Å²) in [5.74, 6) is 1.12. The number of thioether (sulfide) groups is 1. The predicted octanol–water partition coefficient (Wildman–Crippen LogP) is 3.36. The van der Waals surface area contributed by atoms with Gasteiger partial charge in [0, 0.05) is 6.04 Å². The van der Waals surface area contributed by atoms with Gasteiger partial charge >= 0.3 is 5.97 Å². The normalized spacial score (nSPS) is 12.8. The van der Waals surface area contributed by atoms with Gasteiger partial charge in [-0.25, -0.2) is 9.78 Å². The molecule has 2 aromatic rings. The number of fused-ring (bicyclic) bond motifs is 1. The number of nitrogens with zero attached hydrogens (tertiary/aromatic N) is 2. The van der Waals surface area contributed by atoms with Crippen LogP contribution in [0.15, 0.2) is 18.2 Å². The molecule has 0 aliphatic rings. The standard InChI is InChI=1S/C14H18N2O2S/c1-9(6-7-19-3)16-10(2)15-12-5-4-11(14(17)18)8-13(12)16/h4-5,8-9H,6-7H2,1-3H3,(H,17,18). The van der Waals surface area contributed by atoms with E-state index in [0.717, 1.165) is 29.0 Å². The van der Waals surface area contributed by atoms with Gasteiger partial charge in [-0.2, -0.15) is 11.8 Å². The molecule has 1 N–H and O–H groups in total. The van der Waals surface area contributed by atoms with E-state index in [-0.39, 0.29) is 0 Å². The molecule has 1 aromatic heterocycles. The minimum atomic E-state index is -0.899. The molecule has 1 atom stereocenters. The Hall–Kier alpha value is -1.49. The minimum absolute atomic E-state index is 0.311. The Morgan fingerprint density at radius 3 is 2.89 bits per heavy atom. The van der Waals surface area contributed by atoms with Crippen LogP contribution in [0.4, 0.5) is 0 Å². The number of carboxylic acids is 1. The molecule has 1 unspecified atom stereocenters. The van der Waals surface area contributed by atoms with Crippen LogP contribution in [0.1, 0.15) is 35.6 Å². The lowest BCUT2D eigenvalue weighted by atomic mass is 10.2. The quantitative estimate of drug-likeness (QED) is 0.911. The monoisotopic (exact) mass is 278 g/mol. The van der Waals surface area contributed by atoms with Crippen LogP contribution in [-0.2, 0) is 0 Å². The van der Waals surface area contributed by atoms with Gasteiger partial charge in [-0.3, -0.25) is 0 Å². The highest BCUT2D eigenvalue weighted by Gasteiger charge is 2.14. The number of carbonyl (C=O) groups is 1. The molecule has 0 bridgehead atoms. The summed E-state index contributed by atoms with van der Waals surface area (Å²) in [5, 5.41) is 9.09. The van der Waals surface area contributed by atoms with Crippen molar-refractivity contribution in [3.05, 3.63) is 29.6 Å². The van der Waals surface area contributed by atoms with Crippen molar-refractivity contribution in [2.24, 2.45) is 0 Å². The summed E-state index contributed by atoms with van der Waals surface area (Å²) in [6.07, 6.45) is 3.14. The molecule has 0 radical (unpaired) electrons. The highest BCUT2D eigenvalue weighted by molar-refractivity contribution is 7.98. The van der Waals surface area contributed by atoms with Gasteiger partial charge in [0.25, 0.3) is 0 Å². The van der Waals surface area contributed by atoms with E-state index in [0.29, 0.717) is 11.6 Å². The maximum absolute atomic E-state index is 11.1. The number of hydrogen-bond acceptors (Lipinski definition) is 3. The molecule has 5 heteroatoms. The third kappa shape index (κ3) is 2.76. The van der Waals surface area contributed by atoms with Crippen LogP contribution in [-0.4, -0.2) is 32.6 Å². The number of benzene rings is 1. The zero-order valence-electron chi connectivity index (χ0n) is 11.4. The number of hydrogen-bond donors (Lipinski definition) is 1. The lowest BCUT2D eigenvalue weighted by Crippen LogP contribution is -2.08. The van der Waals surface area contributed by atoms with E-state index in [2.05, 4.69) is 22.7 Å². The summed E-state index contributed by atoms with van der Waals surface area (Å²) in [6.45, 7) is 4.12. The summed E-state index contributed by atoms with van der Waals surface area (Å²) in [7, 11) is 0. The first-order chi connectivity index (χ1) is 9.04. The second kappa shape index (κ2) is 5.65. The molecule has 1 heterocycles. The fourth-order valence-electron chi connectivity index (χ4n) is 2.32. The van der Waals surface area contributed by atoms with E-state index >= 15 is 0 Å². The molecule has 1 aromatic carbocycles.